The number of amidine groups is 2. The van der Waals surface area contributed by atoms with E-state index in [4.69, 9.17) is 62.0 Å². The van der Waals surface area contributed by atoms with Crippen molar-refractivity contribution in [1.82, 2.24) is 50.0 Å². The van der Waals surface area contributed by atoms with Gasteiger partial charge in [-0.2, -0.15) is 0 Å². The van der Waals surface area contributed by atoms with Crippen molar-refractivity contribution in [2.24, 2.45) is 9.98 Å². The smallest absolute Gasteiger partial charge is 0.338 e. The molecule has 10 heterocycles. The van der Waals surface area contributed by atoms with E-state index in [2.05, 4.69) is 30.4 Å². The van der Waals surface area contributed by atoms with Crippen LogP contribution in [0.5, 0.6) is 23.0 Å². The first kappa shape index (κ1) is 82.2. The monoisotopic (exact) mass is 1710 g/mol. The molecule has 6 fully saturated rings. The number of piperazine rings is 2. The van der Waals surface area contributed by atoms with Crippen LogP contribution in [0.4, 0.5) is 38.5 Å². The van der Waals surface area contributed by atoms with E-state index < -0.39 is 78.4 Å². The van der Waals surface area contributed by atoms with Crippen LogP contribution < -0.4 is 29.9 Å². The number of amides is 6. The minimum atomic E-state index is -3.29. The molecule has 0 saturated carbocycles. The Kier molecular flexibility index (Phi) is 24.4. The van der Waals surface area contributed by atoms with Crippen molar-refractivity contribution >= 4 is 117 Å². The number of carbonyl (C=O) groups is 8. The Hall–Kier alpha value is -11.9. The second kappa shape index (κ2) is 35.4. The molecule has 6 saturated heterocycles. The number of methoxy groups -OCH3 is 2. The molecule has 4 N–H and O–H groups in total. The molecule has 6 amide bonds. The van der Waals surface area contributed by atoms with Crippen molar-refractivity contribution in [2.45, 2.75) is 61.4 Å². The first-order valence-corrected chi connectivity index (χ1v) is 40.3. The highest BCUT2D eigenvalue weighted by atomic mass is 35.5. The zero-order valence-electron chi connectivity index (χ0n) is 63.6. The number of rotatable bonds is 22. The maximum Gasteiger partial charge on any atom is 0.338 e. The molecule has 37 heteroatoms. The molecule has 0 radical (unpaired) electrons. The average molecular weight is 1710 g/mol. The van der Waals surface area contributed by atoms with Gasteiger partial charge in [0.15, 0.2) is 21.7 Å². The van der Waals surface area contributed by atoms with Crippen molar-refractivity contribution in [1.29, 1.82) is 0 Å². The van der Waals surface area contributed by atoms with Gasteiger partial charge in [0, 0.05) is 163 Å². The number of hydrogen-bond acceptors (Lipinski definition) is 23. The number of aromatic nitrogens is 2. The maximum absolute atomic E-state index is 14.1. The summed E-state index contributed by atoms with van der Waals surface area (Å²) < 4.78 is 84.0. The van der Waals surface area contributed by atoms with Crippen LogP contribution in [0.3, 0.4) is 0 Å². The lowest BCUT2D eigenvalue weighted by atomic mass is 9.95. The zero-order valence-corrected chi connectivity index (χ0v) is 66.8. The Labute approximate surface area is 695 Å². The second-order valence-electron chi connectivity index (χ2n) is 29.0. The highest BCUT2D eigenvalue weighted by Gasteiger charge is 2.51. The molecule has 0 unspecified atom stereocenters. The molecule has 6 aromatic carbocycles. The van der Waals surface area contributed by atoms with Crippen molar-refractivity contribution in [3.05, 3.63) is 233 Å². The predicted octanol–water partition coefficient (Wildman–Crippen LogP) is 11.4. The van der Waals surface area contributed by atoms with Gasteiger partial charge in [-0.05, 0) is 128 Å². The lowest BCUT2D eigenvalue weighted by Crippen LogP contribution is -2.53. The zero-order chi connectivity index (χ0) is 83.5. The number of carboxylic acids is 2. The molecule has 2 aromatic heterocycles. The number of nitrogens with one attached hydrogen (secondary N) is 2. The van der Waals surface area contributed by atoms with E-state index in [1.807, 2.05) is 27.3 Å². The molecule has 119 heavy (non-hydrogen) atoms. The predicted molar refractivity (Wildman–Crippen MR) is 430 cm³/mol. The van der Waals surface area contributed by atoms with Gasteiger partial charge in [0.2, 0.25) is 0 Å². The van der Waals surface area contributed by atoms with Crippen molar-refractivity contribution < 1.29 is 89.8 Å². The number of esters is 2. The van der Waals surface area contributed by atoms with Crippen LogP contribution in [0.2, 0.25) is 10.0 Å². The van der Waals surface area contributed by atoms with E-state index in [9.17, 15) is 61.0 Å². The number of carbonyl (C=O) groups excluding carboxylic acids is 6. The fraction of sp³-hybridized carbons (Fsp3) is 0.317. The topological polar surface area (TPSA) is 324 Å². The fourth-order valence-corrected chi connectivity index (χ4v) is 17.4. The molecule has 8 aliphatic heterocycles. The number of aliphatic carboxylic acids is 2. The standard InChI is InChI=1S/C42H41ClFN7O8S.C40H35ClF3N7O7S/c1-57-41(55)36-34(46-38(39-45-14-19-60-39)47-37(36)32-12-4-26(44)20-33(32)43)23-48-15-16-50-29(21-48)22-51(42(50)56)27-5-10-31(11-6-27)59-30-8-2-25(3-9-30)40(54)49-17-18-58-24-28(49)7-13-35(52)53;1-57-38(55)32-30(46-34(35-45-12-15-59-35)47-33(32)28-11-4-23(42)16-29(28)41)20-48-13-14-49-25(18-48)19-50(39(49)56)24-5-9-27(10-6-24)58-26-7-2-22(3-8-26)36(52)51-21-40(43,44)17-31(51)37(53)54/h2-6,8-12,14,19-20,28-29,37H,7,13,15-18,21-24H2,1H3,(H,46,47)(H,52,53);2-12,15-16,25,31,33H,13-14,17-21H2,1H3,(H,46,47)(H,53,54)/t28-,29-,37-;25-,31-,33-/m00/s1. The quantitative estimate of drug-likeness (QED) is 0.0362. The minimum absolute atomic E-state index is 0.0447. The van der Waals surface area contributed by atoms with Crippen LogP contribution in [0.1, 0.15) is 73.2 Å². The van der Waals surface area contributed by atoms with Crippen LogP contribution in [-0.4, -0.2) is 245 Å². The van der Waals surface area contributed by atoms with Crippen molar-refractivity contribution in [2.75, 3.05) is 116 Å². The molecular formula is C82H76Cl2F4N14O15S2. The summed E-state index contributed by atoms with van der Waals surface area (Å²) in [5.41, 5.74) is 4.30. The molecule has 618 valence electrons. The van der Waals surface area contributed by atoms with Crippen LogP contribution in [0.15, 0.2) is 189 Å². The van der Waals surface area contributed by atoms with Crippen molar-refractivity contribution in [3.8, 4) is 23.0 Å². The van der Waals surface area contributed by atoms with Crippen LogP contribution >= 0.6 is 45.9 Å². The van der Waals surface area contributed by atoms with Gasteiger partial charge in [-0.25, -0.2) is 51.5 Å². The van der Waals surface area contributed by atoms with Gasteiger partial charge >= 0.3 is 35.9 Å². The summed E-state index contributed by atoms with van der Waals surface area (Å²) in [6.07, 6.45) is 2.63. The average Bonchev–Trinajstić information content (AvgIpc) is 1.75. The number of ether oxygens (including phenoxy) is 5. The van der Waals surface area contributed by atoms with E-state index in [0.29, 0.717) is 174 Å². The number of alkyl halides is 2. The normalized spacial score (nSPS) is 21.1. The Bertz CT molecular complexity index is 5350. The minimum Gasteiger partial charge on any atom is -0.481 e. The number of fused-ring (bicyclic) bond motifs is 2. The molecule has 6 atom stereocenters. The number of carboxylic acid groups (broad SMARTS) is 2. The number of aliphatic imine (C=N–C) groups is 2. The number of urea groups is 2. The van der Waals surface area contributed by atoms with Crippen molar-refractivity contribution in [3.63, 3.8) is 0 Å². The number of likely N-dealkylation sites (tertiary alicyclic amines) is 1. The molecule has 0 bridgehead atoms. The summed E-state index contributed by atoms with van der Waals surface area (Å²) in [6.45, 7) is 4.50. The van der Waals surface area contributed by atoms with E-state index in [-0.39, 0.29) is 75.8 Å². The summed E-state index contributed by atoms with van der Waals surface area (Å²) in [4.78, 5) is 135. The Morgan fingerprint density at radius 3 is 1.42 bits per heavy atom. The summed E-state index contributed by atoms with van der Waals surface area (Å²) >= 11 is 15.8. The number of anilines is 2. The first-order chi connectivity index (χ1) is 57.3. The van der Waals surface area contributed by atoms with Crippen LogP contribution in [0.25, 0.3) is 0 Å². The molecule has 29 nitrogen and oxygen atoms in total. The fourth-order valence-electron chi connectivity index (χ4n) is 15.7. The number of nitrogens with zero attached hydrogens (tertiary/aromatic N) is 12. The third kappa shape index (κ3) is 18.1. The molecule has 16 rings (SSSR count). The molecule has 0 spiro atoms. The highest BCUT2D eigenvalue weighted by Crippen LogP contribution is 2.42. The third-order valence-corrected chi connectivity index (χ3v) is 23.7. The van der Waals surface area contributed by atoms with E-state index >= 15 is 0 Å². The van der Waals surface area contributed by atoms with Gasteiger partial charge in [-0.15, -0.1) is 22.7 Å². The van der Waals surface area contributed by atoms with Gasteiger partial charge < -0.3 is 64.1 Å². The number of hydrogen-bond donors (Lipinski definition) is 4. The molecular weight excluding hydrogens is 1630 g/mol. The first-order valence-electron chi connectivity index (χ1n) is 37.8. The SMILES string of the molecule is COC(=O)C1=C(CN2CCN3C(=O)N(c4ccc(Oc5ccc(C(=O)N6CC(F)(F)C[C@H]6C(=O)O)cc5)cc4)C[C@@H]3C2)NC(c2nccs2)=N[C@H]1c1ccc(F)cc1Cl.COC(=O)C1=C(CN2CCN3C(=O)N(c4ccc(Oc5ccc(C(=O)N6CCOC[C@@H]6CCC(=O)O)cc5)cc4)C[C@@H]3C2)NC(c2nccs2)=N[C@H]1c1ccc(F)cc1Cl. The summed E-state index contributed by atoms with van der Waals surface area (Å²) in [7, 11) is 2.57. The van der Waals surface area contributed by atoms with Gasteiger partial charge in [0.1, 0.15) is 52.8 Å². The molecule has 0 aliphatic carbocycles. The summed E-state index contributed by atoms with van der Waals surface area (Å²) in [6, 6.07) is 30.3. The number of morpholine rings is 1. The number of halogens is 6. The summed E-state index contributed by atoms with van der Waals surface area (Å²) in [5.74, 6) is -6.23. The van der Waals surface area contributed by atoms with Gasteiger partial charge in [-0.3, -0.25) is 44.0 Å². The van der Waals surface area contributed by atoms with Gasteiger partial charge in [-0.1, -0.05) is 35.3 Å². The second-order valence-corrected chi connectivity index (χ2v) is 31.6. The van der Waals surface area contributed by atoms with E-state index in [0.717, 1.165) is 0 Å². The van der Waals surface area contributed by atoms with E-state index in [1.54, 1.807) is 93.1 Å². The van der Waals surface area contributed by atoms with E-state index in [1.165, 1.54) is 97.6 Å². The van der Waals surface area contributed by atoms with Crippen LogP contribution in [-0.2, 0) is 33.4 Å². The third-order valence-electron chi connectivity index (χ3n) is 21.5. The lowest BCUT2D eigenvalue weighted by molar-refractivity contribution is -0.142. The molecule has 8 aliphatic rings. The van der Waals surface area contributed by atoms with Gasteiger partial charge in [0.25, 0.3) is 17.7 Å². The van der Waals surface area contributed by atoms with Gasteiger partial charge in [0.05, 0.1) is 63.2 Å². The summed E-state index contributed by atoms with van der Waals surface area (Å²) in [5, 5.41) is 30.2. The lowest BCUT2D eigenvalue weighted by Gasteiger charge is -2.38. The highest BCUT2D eigenvalue weighted by molar-refractivity contribution is 7.12. The number of benzene rings is 6. The Balaban J connectivity index is 0.000000186. The largest absolute Gasteiger partial charge is 0.481 e. The Morgan fingerprint density at radius 2 is 1.02 bits per heavy atom. The maximum atomic E-state index is 14.1. The molecule has 8 aromatic rings. The van der Waals surface area contributed by atoms with Crippen LogP contribution in [0, 0.1) is 11.6 Å². The number of thiazole rings is 2. The Morgan fingerprint density at radius 1 is 0.580 bits per heavy atom.